The van der Waals surface area contributed by atoms with Crippen LogP contribution in [0.25, 0.3) is 0 Å². The van der Waals surface area contributed by atoms with Gasteiger partial charge in [0.1, 0.15) is 0 Å². The van der Waals surface area contributed by atoms with Crippen LogP contribution >= 0.6 is 34.1 Å². The molecule has 1 fully saturated rings. The van der Waals surface area contributed by atoms with E-state index in [2.05, 4.69) is 6.92 Å². The Labute approximate surface area is 73.2 Å². The Hall–Kier alpha value is 2.00. The molecule has 1 saturated heterocycles. The average Bonchev–Trinajstić information content (AvgIpc) is 2.13. The SMILES string of the molecule is CC1CO1.[Cl][Zr]([Cl])([Cl])[Cl]. The number of ether oxygens (including phenoxy) is 1. The average molecular weight is 291 g/mol. The number of hydrogen-bond donors (Lipinski definition) is 0. The molecule has 0 aromatic rings. The third-order valence-corrected chi connectivity index (χ3v) is 0.500. The minimum atomic E-state index is -3.29. The summed E-state index contributed by atoms with van der Waals surface area (Å²) in [4.78, 5) is 0. The standard InChI is InChI=1S/C3H6O.4ClH.Zr/c1-3-2-4-3;;;;;/h3H,2H2,1H3;4*1H;/q;;;;;+4/p-4. The maximum atomic E-state index is 5.04. The molecule has 1 atom stereocenters. The summed E-state index contributed by atoms with van der Waals surface area (Å²) in [6.07, 6.45) is 0.583. The molecule has 1 nitrogen and oxygen atoms in total. The van der Waals surface area contributed by atoms with Gasteiger partial charge in [-0.15, -0.1) is 0 Å². The molecular weight excluding hydrogens is 285 g/mol. The summed E-state index contributed by atoms with van der Waals surface area (Å²) in [6, 6.07) is 0. The zero-order valence-corrected chi connectivity index (χ0v) is 10.2. The zero-order chi connectivity index (χ0) is 7.49. The topological polar surface area (TPSA) is 12.5 Å². The molecule has 0 aliphatic carbocycles. The summed E-state index contributed by atoms with van der Waals surface area (Å²) in [5.74, 6) is 0. The van der Waals surface area contributed by atoms with E-state index in [1.807, 2.05) is 0 Å². The third-order valence-electron chi connectivity index (χ3n) is 0.500. The molecule has 0 N–H and O–H groups in total. The van der Waals surface area contributed by atoms with E-state index in [1.165, 1.54) is 0 Å². The Bertz CT molecular complexity index is 72.4. The molecule has 0 saturated carbocycles. The van der Waals surface area contributed by atoms with Gasteiger partial charge < -0.3 is 4.74 Å². The second kappa shape index (κ2) is 4.80. The van der Waals surface area contributed by atoms with Gasteiger partial charge in [-0.3, -0.25) is 0 Å². The predicted molar refractivity (Wildman–Crippen MR) is 38.8 cm³/mol. The first-order valence-corrected chi connectivity index (χ1v) is 14.9. The monoisotopic (exact) mass is 288 g/mol. The van der Waals surface area contributed by atoms with Crippen molar-refractivity contribution in [1.82, 2.24) is 0 Å². The quantitative estimate of drug-likeness (QED) is 0.625. The van der Waals surface area contributed by atoms with Gasteiger partial charge in [0.2, 0.25) is 0 Å². The van der Waals surface area contributed by atoms with E-state index in [0.29, 0.717) is 6.10 Å². The van der Waals surface area contributed by atoms with Crippen LogP contribution in [-0.4, -0.2) is 12.7 Å². The van der Waals surface area contributed by atoms with E-state index in [0.717, 1.165) is 6.61 Å². The molecular formula is C3H6Cl4OZr. The van der Waals surface area contributed by atoms with Crippen molar-refractivity contribution in [3.63, 3.8) is 0 Å². The molecule has 0 radical (unpaired) electrons. The molecule has 0 aromatic heterocycles. The van der Waals surface area contributed by atoms with E-state index < -0.39 is 15.5 Å². The summed E-state index contributed by atoms with van der Waals surface area (Å²) in [6.45, 7) is 3.04. The van der Waals surface area contributed by atoms with E-state index in [9.17, 15) is 0 Å². The first-order chi connectivity index (χ1) is 3.89. The Morgan fingerprint density at radius 3 is 1.44 bits per heavy atom. The van der Waals surface area contributed by atoms with Crippen molar-refractivity contribution < 1.29 is 20.2 Å². The first-order valence-electron chi connectivity index (χ1n) is 2.27. The fourth-order valence-corrected chi connectivity index (χ4v) is 0.0962. The summed E-state index contributed by atoms with van der Waals surface area (Å²) in [5, 5.41) is 0. The maximum absolute atomic E-state index is 5.04. The molecule has 9 heavy (non-hydrogen) atoms. The van der Waals surface area contributed by atoms with Crippen molar-refractivity contribution in [3.05, 3.63) is 0 Å². The van der Waals surface area contributed by atoms with E-state index in [-0.39, 0.29) is 0 Å². The van der Waals surface area contributed by atoms with Gasteiger partial charge in [0, 0.05) is 0 Å². The van der Waals surface area contributed by atoms with Crippen LogP contribution in [0.2, 0.25) is 0 Å². The van der Waals surface area contributed by atoms with Crippen molar-refractivity contribution in [2.24, 2.45) is 0 Å². The Morgan fingerprint density at radius 2 is 1.44 bits per heavy atom. The molecule has 1 heterocycles. The fourth-order valence-electron chi connectivity index (χ4n) is 0.0962. The summed E-state index contributed by atoms with van der Waals surface area (Å²) in [5.41, 5.74) is 0. The van der Waals surface area contributed by atoms with Crippen LogP contribution in [0, 0.1) is 0 Å². The van der Waals surface area contributed by atoms with Crippen LogP contribution < -0.4 is 0 Å². The van der Waals surface area contributed by atoms with Crippen molar-refractivity contribution in [1.29, 1.82) is 0 Å². The number of epoxide rings is 1. The molecule has 6 heteroatoms. The fraction of sp³-hybridized carbons (Fsp3) is 1.00. The Balaban J connectivity index is 0.000000144. The van der Waals surface area contributed by atoms with Gasteiger partial charge in [0.15, 0.2) is 0 Å². The Kier molecular flexibility index (Phi) is 5.86. The molecule has 0 bridgehead atoms. The number of rotatable bonds is 0. The van der Waals surface area contributed by atoms with Crippen molar-refractivity contribution >= 4 is 34.1 Å². The summed E-state index contributed by atoms with van der Waals surface area (Å²) in [7, 11) is 20.1. The van der Waals surface area contributed by atoms with Gasteiger partial charge in [0.05, 0.1) is 12.7 Å². The van der Waals surface area contributed by atoms with Crippen molar-refractivity contribution in [2.75, 3.05) is 6.61 Å². The van der Waals surface area contributed by atoms with Gasteiger partial charge in [-0.25, -0.2) is 0 Å². The normalized spacial score (nSPS) is 24.3. The second-order valence-electron chi connectivity index (χ2n) is 1.57. The molecule has 1 aliphatic heterocycles. The molecule has 1 aliphatic rings. The van der Waals surface area contributed by atoms with Gasteiger partial charge >= 0.3 is 49.5 Å². The molecule has 0 aromatic carbocycles. The number of hydrogen-bond acceptors (Lipinski definition) is 1. The van der Waals surface area contributed by atoms with Crippen molar-refractivity contribution in [2.45, 2.75) is 13.0 Å². The van der Waals surface area contributed by atoms with Gasteiger partial charge in [-0.1, -0.05) is 0 Å². The van der Waals surface area contributed by atoms with Gasteiger partial charge in [0.25, 0.3) is 0 Å². The van der Waals surface area contributed by atoms with E-state index >= 15 is 0 Å². The van der Waals surface area contributed by atoms with E-state index in [1.54, 1.807) is 0 Å². The van der Waals surface area contributed by atoms with Crippen LogP contribution in [-0.2, 0) is 20.2 Å². The molecule has 56 valence electrons. The van der Waals surface area contributed by atoms with Crippen LogP contribution in [0.3, 0.4) is 0 Å². The molecule has 0 amide bonds. The second-order valence-corrected chi connectivity index (χ2v) is 24.0. The van der Waals surface area contributed by atoms with Crippen LogP contribution in [0.5, 0.6) is 0 Å². The van der Waals surface area contributed by atoms with Crippen LogP contribution in [0.15, 0.2) is 0 Å². The number of halogens is 4. The Morgan fingerprint density at radius 1 is 1.33 bits per heavy atom. The van der Waals surface area contributed by atoms with Crippen LogP contribution in [0.4, 0.5) is 0 Å². The van der Waals surface area contributed by atoms with Crippen LogP contribution in [0.1, 0.15) is 6.92 Å². The summed E-state index contributed by atoms with van der Waals surface area (Å²) >= 11 is -3.29. The van der Waals surface area contributed by atoms with Crippen molar-refractivity contribution in [3.8, 4) is 0 Å². The molecule has 0 spiro atoms. The third kappa shape index (κ3) is 25.6. The predicted octanol–water partition coefficient (Wildman–Crippen LogP) is 3.16. The first kappa shape index (κ1) is 11.0. The summed E-state index contributed by atoms with van der Waals surface area (Å²) < 4.78 is 4.71. The zero-order valence-electron chi connectivity index (χ0n) is 4.70. The minimum absolute atomic E-state index is 0.583. The van der Waals surface area contributed by atoms with E-state index in [4.69, 9.17) is 38.8 Å². The van der Waals surface area contributed by atoms with Gasteiger partial charge in [-0.2, -0.15) is 0 Å². The molecule has 1 rings (SSSR count). The molecule has 1 unspecified atom stereocenters. The van der Waals surface area contributed by atoms with Gasteiger partial charge in [-0.05, 0) is 6.92 Å².